The number of hydrogen-bond donors (Lipinski definition) is 1. The Hall–Kier alpha value is -0.120. The molecule has 0 spiro atoms. The highest BCUT2D eigenvalue weighted by molar-refractivity contribution is 4.81. The Bertz CT molecular complexity index is 193. The molecule has 2 atom stereocenters. The monoisotopic (exact) mass is 242 g/mol. The van der Waals surface area contributed by atoms with E-state index in [0.717, 1.165) is 30.8 Å². The summed E-state index contributed by atoms with van der Waals surface area (Å²) in [5, 5.41) is 1.95. The van der Waals surface area contributed by atoms with Gasteiger partial charge in [0.05, 0.1) is 0 Å². The van der Waals surface area contributed by atoms with E-state index >= 15 is 0 Å². The first kappa shape index (κ1) is 14.9. The molecular formula is C14H30N2O. The van der Waals surface area contributed by atoms with Crippen molar-refractivity contribution in [2.45, 2.75) is 59.3 Å². The molecule has 2 unspecified atom stereocenters. The molecule has 102 valence electrons. The second kappa shape index (κ2) is 8.06. The van der Waals surface area contributed by atoms with Gasteiger partial charge < -0.3 is 0 Å². The molecule has 3 heteroatoms. The highest BCUT2D eigenvalue weighted by Crippen LogP contribution is 2.36. The van der Waals surface area contributed by atoms with Crippen LogP contribution in [0.2, 0.25) is 0 Å². The Kier molecular flexibility index (Phi) is 7.09. The molecule has 0 amide bonds. The largest absolute Gasteiger partial charge is 0.214 e. The molecule has 1 saturated heterocycles. The molecule has 0 bridgehead atoms. The maximum absolute atomic E-state index is 5.28. The first-order valence-corrected chi connectivity index (χ1v) is 7.41. The van der Waals surface area contributed by atoms with Crippen molar-refractivity contribution in [1.82, 2.24) is 5.06 Å². The molecule has 0 radical (unpaired) electrons. The highest BCUT2D eigenvalue weighted by atomic mass is 16.8. The third kappa shape index (κ3) is 4.57. The summed E-state index contributed by atoms with van der Waals surface area (Å²) in [7, 11) is 0. The summed E-state index contributed by atoms with van der Waals surface area (Å²) in [4.78, 5) is 4.92. The van der Waals surface area contributed by atoms with Crippen LogP contribution in [0.3, 0.4) is 0 Å². The first-order valence-electron chi connectivity index (χ1n) is 7.41. The van der Waals surface area contributed by atoms with Crippen LogP contribution in [0, 0.1) is 17.8 Å². The van der Waals surface area contributed by atoms with Gasteiger partial charge in [-0.2, -0.15) is 11.0 Å². The van der Waals surface area contributed by atoms with Crippen molar-refractivity contribution < 1.29 is 4.94 Å². The van der Waals surface area contributed by atoms with Gasteiger partial charge >= 0.3 is 0 Å². The molecular weight excluding hydrogens is 212 g/mol. The lowest BCUT2D eigenvalue weighted by molar-refractivity contribution is -0.196. The number of hydroxylamine groups is 2. The van der Waals surface area contributed by atoms with Crippen LogP contribution >= 0.6 is 0 Å². The molecule has 2 rings (SSSR count). The van der Waals surface area contributed by atoms with Crippen molar-refractivity contribution in [3.8, 4) is 0 Å². The van der Waals surface area contributed by atoms with Crippen LogP contribution in [0.1, 0.15) is 59.3 Å². The molecule has 1 saturated carbocycles. The molecule has 2 fully saturated rings. The van der Waals surface area contributed by atoms with Crippen LogP contribution in [0.25, 0.3) is 0 Å². The summed E-state index contributed by atoms with van der Waals surface area (Å²) in [5.41, 5.74) is 0. The SMILES string of the molecule is CC.CC1CC(C2CCCCC2)CN(ON)C1. The standard InChI is InChI=1S/C12H24N2O.C2H6/c1-10-7-12(9-14(8-10)15-13)11-5-3-2-4-6-11;1-2/h10-12H,2-9,13H2,1H3;1-2H3. The lowest BCUT2D eigenvalue weighted by Crippen LogP contribution is -2.43. The fraction of sp³-hybridized carbons (Fsp3) is 1.00. The summed E-state index contributed by atoms with van der Waals surface area (Å²) in [6, 6.07) is 0. The lowest BCUT2D eigenvalue weighted by atomic mass is 9.75. The lowest BCUT2D eigenvalue weighted by Gasteiger charge is -2.39. The van der Waals surface area contributed by atoms with Gasteiger partial charge in [-0.1, -0.05) is 52.9 Å². The minimum absolute atomic E-state index is 0.731. The Morgan fingerprint density at radius 1 is 1.00 bits per heavy atom. The zero-order chi connectivity index (χ0) is 12.7. The normalized spacial score (nSPS) is 31.8. The van der Waals surface area contributed by atoms with Crippen molar-refractivity contribution >= 4 is 0 Å². The molecule has 1 aliphatic carbocycles. The van der Waals surface area contributed by atoms with Gasteiger partial charge in [0, 0.05) is 13.1 Å². The van der Waals surface area contributed by atoms with Crippen molar-refractivity contribution in [3.63, 3.8) is 0 Å². The molecule has 0 aromatic heterocycles. The van der Waals surface area contributed by atoms with E-state index in [1.54, 1.807) is 0 Å². The second-order valence-electron chi connectivity index (χ2n) is 5.45. The van der Waals surface area contributed by atoms with Gasteiger partial charge in [0.2, 0.25) is 0 Å². The minimum Gasteiger partial charge on any atom is -0.214 e. The zero-order valence-corrected chi connectivity index (χ0v) is 11.8. The Balaban J connectivity index is 0.000000686. The molecule has 2 N–H and O–H groups in total. The van der Waals surface area contributed by atoms with E-state index in [1.165, 1.54) is 38.5 Å². The average Bonchev–Trinajstić information content (AvgIpc) is 2.41. The van der Waals surface area contributed by atoms with E-state index < -0.39 is 0 Å². The Morgan fingerprint density at radius 3 is 2.24 bits per heavy atom. The molecule has 17 heavy (non-hydrogen) atoms. The van der Waals surface area contributed by atoms with Crippen molar-refractivity contribution in [2.75, 3.05) is 13.1 Å². The van der Waals surface area contributed by atoms with E-state index in [1.807, 2.05) is 18.9 Å². The van der Waals surface area contributed by atoms with Gasteiger partial charge in [0.15, 0.2) is 0 Å². The number of hydrogen-bond acceptors (Lipinski definition) is 3. The van der Waals surface area contributed by atoms with Gasteiger partial charge in [0.25, 0.3) is 0 Å². The summed E-state index contributed by atoms with van der Waals surface area (Å²) in [6.07, 6.45) is 8.52. The van der Waals surface area contributed by atoms with Crippen molar-refractivity contribution in [1.29, 1.82) is 0 Å². The predicted molar refractivity (Wildman–Crippen MR) is 72.0 cm³/mol. The van der Waals surface area contributed by atoms with Crippen LogP contribution in [0.5, 0.6) is 0 Å². The molecule has 1 heterocycles. The maximum Gasteiger partial charge on any atom is 0.0290 e. The molecule has 0 aromatic rings. The van der Waals surface area contributed by atoms with Crippen molar-refractivity contribution in [2.24, 2.45) is 23.7 Å². The fourth-order valence-electron chi connectivity index (χ4n) is 3.38. The van der Waals surface area contributed by atoms with E-state index in [0.29, 0.717) is 0 Å². The van der Waals surface area contributed by atoms with E-state index in [4.69, 9.17) is 10.8 Å². The third-order valence-electron chi connectivity index (χ3n) is 4.12. The number of piperidine rings is 1. The number of rotatable bonds is 2. The fourth-order valence-corrected chi connectivity index (χ4v) is 3.38. The number of nitrogens with two attached hydrogens (primary N) is 1. The van der Waals surface area contributed by atoms with Crippen LogP contribution in [-0.2, 0) is 4.94 Å². The van der Waals surface area contributed by atoms with Crippen LogP contribution in [0.4, 0.5) is 0 Å². The van der Waals surface area contributed by atoms with Crippen LogP contribution < -0.4 is 5.90 Å². The van der Waals surface area contributed by atoms with E-state index in [9.17, 15) is 0 Å². The molecule has 1 aliphatic heterocycles. The van der Waals surface area contributed by atoms with Crippen molar-refractivity contribution in [3.05, 3.63) is 0 Å². The highest BCUT2D eigenvalue weighted by Gasteiger charge is 2.31. The minimum atomic E-state index is 0.731. The van der Waals surface area contributed by atoms with Gasteiger partial charge in [-0.05, 0) is 24.2 Å². The van der Waals surface area contributed by atoms with Crippen LogP contribution in [-0.4, -0.2) is 18.2 Å². The molecule has 0 aromatic carbocycles. The first-order chi connectivity index (χ1) is 8.29. The smallest absolute Gasteiger partial charge is 0.0290 e. The van der Waals surface area contributed by atoms with Gasteiger partial charge in [-0.15, -0.1) is 0 Å². The summed E-state index contributed by atoms with van der Waals surface area (Å²) in [6.45, 7) is 8.35. The Morgan fingerprint density at radius 2 is 1.65 bits per heavy atom. The third-order valence-corrected chi connectivity index (χ3v) is 4.12. The number of nitrogens with zero attached hydrogens (tertiary/aromatic N) is 1. The summed E-state index contributed by atoms with van der Waals surface area (Å²) >= 11 is 0. The zero-order valence-electron chi connectivity index (χ0n) is 11.8. The topological polar surface area (TPSA) is 38.5 Å². The predicted octanol–water partition coefficient (Wildman–Crippen LogP) is 3.36. The molecule has 3 nitrogen and oxygen atoms in total. The van der Waals surface area contributed by atoms with Gasteiger partial charge in [-0.25, -0.2) is 4.94 Å². The maximum atomic E-state index is 5.28. The van der Waals surface area contributed by atoms with Gasteiger partial charge in [-0.3, -0.25) is 0 Å². The summed E-state index contributed by atoms with van der Waals surface area (Å²) in [5.74, 6) is 7.76. The quantitative estimate of drug-likeness (QED) is 0.755. The second-order valence-corrected chi connectivity index (χ2v) is 5.45. The van der Waals surface area contributed by atoms with E-state index in [2.05, 4.69) is 6.92 Å². The van der Waals surface area contributed by atoms with E-state index in [-0.39, 0.29) is 0 Å². The van der Waals surface area contributed by atoms with Gasteiger partial charge in [0.1, 0.15) is 0 Å². The average molecular weight is 242 g/mol. The summed E-state index contributed by atoms with van der Waals surface area (Å²) < 4.78 is 0. The Labute approximate surface area is 107 Å². The van der Waals surface area contributed by atoms with Crippen LogP contribution in [0.15, 0.2) is 0 Å². The molecule has 2 aliphatic rings.